The predicted molar refractivity (Wildman–Crippen MR) is 74.6 cm³/mol. The minimum absolute atomic E-state index is 0.0620. The second kappa shape index (κ2) is 3.91. The molecule has 1 amide bonds. The van der Waals surface area contributed by atoms with Gasteiger partial charge in [-0.1, -0.05) is 6.08 Å². The van der Waals surface area contributed by atoms with E-state index in [-0.39, 0.29) is 11.4 Å². The molecular weight excluding hydrogens is 230 g/mol. The Balaban J connectivity index is 2.69. The van der Waals surface area contributed by atoms with Crippen molar-refractivity contribution >= 4 is 29.8 Å². The zero-order valence-electron chi connectivity index (χ0n) is 10.6. The Morgan fingerprint density at radius 2 is 2.00 bits per heavy atom. The molecule has 1 aromatic carbocycles. The van der Waals surface area contributed by atoms with Gasteiger partial charge in [0.25, 0.3) is 0 Å². The molecule has 2 rings (SSSR count). The highest BCUT2D eigenvalue weighted by Crippen LogP contribution is 2.39. The number of hydrogen-bond acceptors (Lipinski definition) is 2. The van der Waals surface area contributed by atoms with Crippen LogP contribution in [0.15, 0.2) is 29.2 Å². The van der Waals surface area contributed by atoms with Crippen LogP contribution in [0.1, 0.15) is 33.3 Å². The Hall–Kier alpha value is -1.22. The Labute approximate surface area is 108 Å². The van der Waals surface area contributed by atoms with Crippen LogP contribution in [-0.2, 0) is 4.79 Å². The molecule has 1 aromatic rings. The van der Waals surface area contributed by atoms with Crippen molar-refractivity contribution in [2.75, 3.05) is 4.90 Å². The van der Waals surface area contributed by atoms with Gasteiger partial charge in [0.15, 0.2) is 0 Å². The van der Waals surface area contributed by atoms with Crippen LogP contribution in [0.3, 0.4) is 0 Å². The van der Waals surface area contributed by atoms with Gasteiger partial charge in [0.1, 0.15) is 0 Å². The van der Waals surface area contributed by atoms with Gasteiger partial charge in [-0.3, -0.25) is 4.79 Å². The molecule has 0 aliphatic carbocycles. The number of nitrogens with zero attached hydrogens (tertiary/aromatic N) is 1. The maximum Gasteiger partial charge on any atom is 0.224 e. The Kier molecular flexibility index (Phi) is 2.82. The predicted octanol–water partition coefficient (Wildman–Crippen LogP) is 3.52. The van der Waals surface area contributed by atoms with Gasteiger partial charge in [-0.05, 0) is 44.5 Å². The maximum atomic E-state index is 11.8. The van der Waals surface area contributed by atoms with Crippen molar-refractivity contribution in [2.24, 2.45) is 0 Å². The second-order valence-electron chi connectivity index (χ2n) is 5.04. The Bertz CT molecular complexity index is 517. The maximum absolute atomic E-state index is 11.8. The lowest BCUT2D eigenvalue weighted by Gasteiger charge is -2.41. The van der Waals surface area contributed by atoms with Crippen LogP contribution in [0.4, 0.5) is 5.69 Å². The summed E-state index contributed by atoms with van der Waals surface area (Å²) in [6.07, 6.45) is 2.13. The van der Waals surface area contributed by atoms with E-state index in [0.29, 0.717) is 0 Å². The summed E-state index contributed by atoms with van der Waals surface area (Å²) in [6, 6.07) is 5.90. The fourth-order valence-corrected chi connectivity index (χ4v) is 2.80. The normalized spacial score (nSPS) is 17.5. The van der Waals surface area contributed by atoms with Gasteiger partial charge in [-0.2, -0.15) is 0 Å². The van der Waals surface area contributed by atoms with E-state index in [4.69, 9.17) is 0 Å². The summed E-state index contributed by atoms with van der Waals surface area (Å²) in [6.45, 7) is 7.78. The number of anilines is 1. The molecule has 0 atom stereocenters. The first-order valence-corrected chi connectivity index (χ1v) is 6.11. The average Bonchev–Trinajstić information content (AvgIpc) is 2.17. The number of carbonyl (C=O) groups excluding carboxylic acids is 1. The summed E-state index contributed by atoms with van der Waals surface area (Å²) in [5.41, 5.74) is 2.98. The number of hydrogen-bond donors (Lipinski definition) is 1. The van der Waals surface area contributed by atoms with Crippen molar-refractivity contribution in [1.82, 2.24) is 0 Å². The van der Waals surface area contributed by atoms with Gasteiger partial charge in [0.05, 0.1) is 11.2 Å². The Morgan fingerprint density at radius 3 is 2.59 bits per heavy atom. The molecule has 17 heavy (non-hydrogen) atoms. The molecule has 0 radical (unpaired) electrons. The van der Waals surface area contributed by atoms with Gasteiger partial charge in [0.2, 0.25) is 5.91 Å². The number of benzene rings is 1. The van der Waals surface area contributed by atoms with E-state index in [0.717, 1.165) is 16.1 Å². The average molecular weight is 247 g/mol. The van der Waals surface area contributed by atoms with Crippen LogP contribution in [0.5, 0.6) is 0 Å². The number of fused-ring (bicyclic) bond motifs is 1. The molecule has 0 unspecified atom stereocenters. The van der Waals surface area contributed by atoms with Crippen LogP contribution in [-0.4, -0.2) is 11.4 Å². The summed E-state index contributed by atoms with van der Waals surface area (Å²) in [4.78, 5) is 14.6. The standard InChI is InChI=1S/C14H17NOS/c1-9-8-14(3,4)15(10(2)16)13-6-5-11(17)7-12(9)13/h5-8,17H,1-4H3. The quantitative estimate of drug-likeness (QED) is 0.695. The van der Waals surface area contributed by atoms with Crippen LogP contribution in [0.25, 0.3) is 5.57 Å². The van der Waals surface area contributed by atoms with E-state index in [9.17, 15) is 4.79 Å². The zero-order chi connectivity index (χ0) is 12.8. The van der Waals surface area contributed by atoms with Crippen LogP contribution in [0.2, 0.25) is 0 Å². The summed E-state index contributed by atoms with van der Waals surface area (Å²) in [5.74, 6) is 0.0620. The van der Waals surface area contributed by atoms with E-state index < -0.39 is 0 Å². The summed E-state index contributed by atoms with van der Waals surface area (Å²) >= 11 is 4.35. The molecule has 0 aromatic heterocycles. The number of carbonyl (C=O) groups is 1. The smallest absolute Gasteiger partial charge is 0.224 e. The van der Waals surface area contributed by atoms with E-state index in [1.807, 2.05) is 23.1 Å². The molecule has 1 aliphatic rings. The van der Waals surface area contributed by atoms with Crippen molar-refractivity contribution in [3.05, 3.63) is 29.8 Å². The fraction of sp³-hybridized carbons (Fsp3) is 0.357. The van der Waals surface area contributed by atoms with Gasteiger partial charge >= 0.3 is 0 Å². The lowest BCUT2D eigenvalue weighted by molar-refractivity contribution is -0.117. The van der Waals surface area contributed by atoms with Crippen molar-refractivity contribution in [3.8, 4) is 0 Å². The minimum atomic E-state index is -0.277. The lowest BCUT2D eigenvalue weighted by Crippen LogP contribution is -2.47. The number of thiol groups is 1. The third-order valence-electron chi connectivity index (χ3n) is 3.11. The fourth-order valence-electron chi connectivity index (χ4n) is 2.59. The van der Waals surface area contributed by atoms with Crippen molar-refractivity contribution in [3.63, 3.8) is 0 Å². The monoisotopic (exact) mass is 247 g/mol. The molecule has 0 N–H and O–H groups in total. The molecule has 0 spiro atoms. The molecule has 90 valence electrons. The first kappa shape index (κ1) is 12.2. The number of allylic oxidation sites excluding steroid dienone is 1. The first-order valence-electron chi connectivity index (χ1n) is 5.66. The van der Waals surface area contributed by atoms with E-state index in [2.05, 4.69) is 39.5 Å². The van der Waals surface area contributed by atoms with Gasteiger partial charge in [-0.25, -0.2) is 0 Å². The lowest BCUT2D eigenvalue weighted by atomic mass is 9.89. The van der Waals surface area contributed by atoms with E-state index in [1.54, 1.807) is 6.92 Å². The minimum Gasteiger partial charge on any atom is -0.303 e. The van der Waals surface area contributed by atoms with E-state index >= 15 is 0 Å². The molecule has 0 saturated heterocycles. The summed E-state index contributed by atoms with van der Waals surface area (Å²) in [7, 11) is 0. The topological polar surface area (TPSA) is 20.3 Å². The highest BCUT2D eigenvalue weighted by molar-refractivity contribution is 7.80. The molecular formula is C14H17NOS. The number of amides is 1. The van der Waals surface area contributed by atoms with Crippen LogP contribution < -0.4 is 4.90 Å². The summed E-state index contributed by atoms with van der Waals surface area (Å²) in [5, 5.41) is 0. The van der Waals surface area contributed by atoms with Gasteiger partial charge < -0.3 is 4.90 Å². The van der Waals surface area contributed by atoms with Crippen molar-refractivity contribution < 1.29 is 4.79 Å². The van der Waals surface area contributed by atoms with Gasteiger partial charge in [0, 0.05) is 17.4 Å². The molecule has 0 bridgehead atoms. The highest BCUT2D eigenvalue weighted by Gasteiger charge is 2.33. The van der Waals surface area contributed by atoms with Gasteiger partial charge in [-0.15, -0.1) is 12.6 Å². The molecule has 2 nitrogen and oxygen atoms in total. The number of rotatable bonds is 0. The van der Waals surface area contributed by atoms with E-state index in [1.165, 1.54) is 5.57 Å². The zero-order valence-corrected chi connectivity index (χ0v) is 11.5. The van der Waals surface area contributed by atoms with Crippen LogP contribution >= 0.6 is 12.6 Å². The third-order valence-corrected chi connectivity index (χ3v) is 3.38. The molecule has 1 heterocycles. The highest BCUT2D eigenvalue weighted by atomic mass is 32.1. The Morgan fingerprint density at radius 1 is 1.35 bits per heavy atom. The second-order valence-corrected chi connectivity index (χ2v) is 5.55. The molecule has 1 aliphatic heterocycles. The van der Waals surface area contributed by atoms with Crippen LogP contribution in [0, 0.1) is 0 Å². The third kappa shape index (κ3) is 2.00. The molecule has 0 fully saturated rings. The molecule has 0 saturated carbocycles. The molecule has 3 heteroatoms. The van der Waals surface area contributed by atoms with Crippen molar-refractivity contribution in [2.45, 2.75) is 38.1 Å². The largest absolute Gasteiger partial charge is 0.303 e. The first-order chi connectivity index (χ1) is 7.83. The SMILES string of the molecule is CC(=O)N1c2ccc(S)cc2C(C)=CC1(C)C. The summed E-state index contributed by atoms with van der Waals surface area (Å²) < 4.78 is 0. The van der Waals surface area contributed by atoms with Crippen molar-refractivity contribution in [1.29, 1.82) is 0 Å².